The Labute approximate surface area is 116 Å². The van der Waals surface area contributed by atoms with Gasteiger partial charge in [0.05, 0.1) is 25.1 Å². The lowest BCUT2D eigenvalue weighted by molar-refractivity contribution is 0.205. The van der Waals surface area contributed by atoms with E-state index in [1.165, 1.54) is 5.56 Å². The molecule has 1 aromatic carbocycles. The van der Waals surface area contributed by atoms with Crippen LogP contribution in [0.4, 0.5) is 0 Å². The van der Waals surface area contributed by atoms with Gasteiger partial charge in [-0.1, -0.05) is 31.5 Å². The average molecular weight is 260 g/mol. The molecule has 19 heavy (non-hydrogen) atoms. The summed E-state index contributed by atoms with van der Waals surface area (Å²) in [5, 5.41) is 9.49. The molecule has 0 amide bonds. The Balaban J connectivity index is 3.34. The molecule has 1 rings (SSSR count). The Kier molecular flexibility index (Phi) is 5.38. The van der Waals surface area contributed by atoms with Gasteiger partial charge in [0.2, 0.25) is 0 Å². The van der Waals surface area contributed by atoms with Crippen molar-refractivity contribution >= 4 is 0 Å². The van der Waals surface area contributed by atoms with E-state index in [4.69, 9.17) is 4.74 Å². The Bertz CT molecular complexity index is 460. The van der Waals surface area contributed by atoms with E-state index >= 15 is 0 Å². The van der Waals surface area contributed by atoms with Crippen molar-refractivity contribution in [2.24, 2.45) is 11.8 Å². The third kappa shape index (κ3) is 3.48. The van der Waals surface area contributed by atoms with Crippen LogP contribution >= 0.6 is 0 Å². The van der Waals surface area contributed by atoms with Gasteiger partial charge in [-0.05, 0) is 33.0 Å². The summed E-state index contributed by atoms with van der Waals surface area (Å²) in [6.07, 6.45) is 0. The van der Waals surface area contributed by atoms with Crippen LogP contribution in [0.2, 0.25) is 0 Å². The SMILES string of the molecule is COc1ccc(C)cc1C(C(C#N)C(C)C)N(C)C. The van der Waals surface area contributed by atoms with Gasteiger partial charge in [0.15, 0.2) is 0 Å². The second-order valence-corrected chi connectivity index (χ2v) is 5.55. The molecule has 1 aromatic rings. The van der Waals surface area contributed by atoms with Crippen LogP contribution in [0.3, 0.4) is 0 Å². The maximum atomic E-state index is 9.49. The molecular formula is C16H24N2O. The summed E-state index contributed by atoms with van der Waals surface area (Å²) < 4.78 is 5.47. The first kappa shape index (κ1) is 15.5. The highest BCUT2D eigenvalue weighted by atomic mass is 16.5. The zero-order valence-electron chi connectivity index (χ0n) is 12.8. The minimum atomic E-state index is -0.0642. The molecule has 3 nitrogen and oxygen atoms in total. The van der Waals surface area contributed by atoms with Crippen LogP contribution in [0.1, 0.15) is 31.0 Å². The molecular weight excluding hydrogens is 236 g/mol. The zero-order chi connectivity index (χ0) is 14.6. The van der Waals surface area contributed by atoms with Crippen molar-refractivity contribution in [2.45, 2.75) is 26.8 Å². The first-order valence-electron chi connectivity index (χ1n) is 6.63. The maximum absolute atomic E-state index is 9.49. The van der Waals surface area contributed by atoms with Crippen molar-refractivity contribution in [3.8, 4) is 11.8 Å². The molecule has 2 unspecified atom stereocenters. The van der Waals surface area contributed by atoms with Gasteiger partial charge < -0.3 is 9.64 Å². The molecule has 0 saturated heterocycles. The van der Waals surface area contributed by atoms with Gasteiger partial charge in [-0.15, -0.1) is 0 Å². The van der Waals surface area contributed by atoms with Crippen molar-refractivity contribution in [1.82, 2.24) is 4.90 Å². The number of aryl methyl sites for hydroxylation is 1. The molecule has 0 N–H and O–H groups in total. The van der Waals surface area contributed by atoms with Crippen LogP contribution in [-0.2, 0) is 0 Å². The highest BCUT2D eigenvalue weighted by molar-refractivity contribution is 5.40. The van der Waals surface area contributed by atoms with E-state index in [1.807, 2.05) is 26.2 Å². The van der Waals surface area contributed by atoms with Crippen LogP contribution < -0.4 is 4.74 Å². The number of methoxy groups -OCH3 is 1. The van der Waals surface area contributed by atoms with Crippen molar-refractivity contribution in [3.63, 3.8) is 0 Å². The van der Waals surface area contributed by atoms with Crippen molar-refractivity contribution in [1.29, 1.82) is 5.26 Å². The molecule has 0 aliphatic heterocycles. The number of nitriles is 1. The lowest BCUT2D eigenvalue weighted by Gasteiger charge is -2.32. The summed E-state index contributed by atoms with van der Waals surface area (Å²) in [7, 11) is 5.70. The van der Waals surface area contributed by atoms with E-state index in [2.05, 4.69) is 37.8 Å². The first-order valence-corrected chi connectivity index (χ1v) is 6.63. The fourth-order valence-corrected chi connectivity index (χ4v) is 2.46. The van der Waals surface area contributed by atoms with Gasteiger partial charge in [-0.3, -0.25) is 0 Å². The fraction of sp³-hybridized carbons (Fsp3) is 0.562. The first-order chi connectivity index (χ1) is 8.92. The molecule has 0 aliphatic carbocycles. The van der Waals surface area contributed by atoms with E-state index in [0.29, 0.717) is 5.92 Å². The second-order valence-electron chi connectivity index (χ2n) is 5.55. The number of rotatable bonds is 5. The second kappa shape index (κ2) is 6.58. The minimum absolute atomic E-state index is 0.0415. The molecule has 104 valence electrons. The Morgan fingerprint density at radius 1 is 1.26 bits per heavy atom. The van der Waals surface area contributed by atoms with Gasteiger partial charge in [-0.2, -0.15) is 5.26 Å². The third-order valence-corrected chi connectivity index (χ3v) is 3.47. The van der Waals surface area contributed by atoms with Crippen LogP contribution in [0.5, 0.6) is 5.75 Å². The molecule has 0 heterocycles. The summed E-state index contributed by atoms with van der Waals surface area (Å²) >= 11 is 0. The fourth-order valence-electron chi connectivity index (χ4n) is 2.46. The monoisotopic (exact) mass is 260 g/mol. The Hall–Kier alpha value is -1.53. The predicted octanol–water partition coefficient (Wildman–Crippen LogP) is 3.40. The van der Waals surface area contributed by atoms with Crippen LogP contribution in [0, 0.1) is 30.1 Å². The van der Waals surface area contributed by atoms with Crippen LogP contribution in [-0.4, -0.2) is 26.1 Å². The number of benzene rings is 1. The van der Waals surface area contributed by atoms with Crippen LogP contribution in [0.25, 0.3) is 0 Å². The number of hydrogen-bond acceptors (Lipinski definition) is 3. The summed E-state index contributed by atoms with van der Waals surface area (Å²) in [6, 6.07) is 8.63. The topological polar surface area (TPSA) is 36.3 Å². The van der Waals surface area contributed by atoms with E-state index in [-0.39, 0.29) is 12.0 Å². The third-order valence-electron chi connectivity index (χ3n) is 3.47. The summed E-state index contributed by atoms with van der Waals surface area (Å²) in [5.74, 6) is 1.08. The zero-order valence-corrected chi connectivity index (χ0v) is 12.8. The molecule has 0 aromatic heterocycles. The van der Waals surface area contributed by atoms with E-state index in [9.17, 15) is 5.26 Å². The Morgan fingerprint density at radius 2 is 1.89 bits per heavy atom. The van der Waals surface area contributed by atoms with Crippen molar-refractivity contribution < 1.29 is 4.74 Å². The molecule has 0 spiro atoms. The summed E-state index contributed by atoms with van der Waals surface area (Å²) in [6.45, 7) is 6.24. The van der Waals surface area contributed by atoms with Crippen molar-refractivity contribution in [3.05, 3.63) is 29.3 Å². The smallest absolute Gasteiger partial charge is 0.123 e. The molecule has 3 heteroatoms. The van der Waals surface area contributed by atoms with Crippen LogP contribution in [0.15, 0.2) is 18.2 Å². The Morgan fingerprint density at radius 3 is 2.32 bits per heavy atom. The molecule has 2 atom stereocenters. The molecule has 0 fully saturated rings. The normalized spacial score (nSPS) is 14.3. The maximum Gasteiger partial charge on any atom is 0.123 e. The quantitative estimate of drug-likeness (QED) is 0.814. The van der Waals surface area contributed by atoms with Crippen molar-refractivity contribution in [2.75, 3.05) is 21.2 Å². The van der Waals surface area contributed by atoms with Gasteiger partial charge in [0.25, 0.3) is 0 Å². The van der Waals surface area contributed by atoms with E-state index < -0.39 is 0 Å². The average Bonchev–Trinajstić information content (AvgIpc) is 2.34. The van der Waals surface area contributed by atoms with Gasteiger partial charge in [-0.25, -0.2) is 0 Å². The highest BCUT2D eigenvalue weighted by Gasteiger charge is 2.30. The molecule has 0 aliphatic rings. The van der Waals surface area contributed by atoms with E-state index in [0.717, 1.165) is 11.3 Å². The number of nitrogens with zero attached hydrogens (tertiary/aromatic N) is 2. The molecule has 0 saturated carbocycles. The largest absolute Gasteiger partial charge is 0.496 e. The van der Waals surface area contributed by atoms with Gasteiger partial charge in [0, 0.05) is 5.56 Å². The highest BCUT2D eigenvalue weighted by Crippen LogP contribution is 2.37. The standard InChI is InChI=1S/C16H24N2O/c1-11(2)14(10-17)16(18(4)5)13-9-12(3)7-8-15(13)19-6/h7-9,11,14,16H,1-6H3. The number of ether oxygens (including phenoxy) is 1. The number of hydrogen-bond donors (Lipinski definition) is 0. The summed E-state index contributed by atoms with van der Waals surface area (Å²) in [5.41, 5.74) is 2.27. The minimum Gasteiger partial charge on any atom is -0.496 e. The van der Waals surface area contributed by atoms with Gasteiger partial charge >= 0.3 is 0 Å². The van der Waals surface area contributed by atoms with E-state index in [1.54, 1.807) is 7.11 Å². The van der Waals surface area contributed by atoms with Gasteiger partial charge in [0.1, 0.15) is 5.75 Å². The molecule has 0 radical (unpaired) electrons. The summed E-state index contributed by atoms with van der Waals surface area (Å²) in [4.78, 5) is 2.10. The lowest BCUT2D eigenvalue weighted by atomic mass is 9.84. The predicted molar refractivity (Wildman–Crippen MR) is 78.1 cm³/mol. The lowest BCUT2D eigenvalue weighted by Crippen LogP contribution is -2.30. The molecule has 0 bridgehead atoms.